The van der Waals surface area contributed by atoms with Gasteiger partial charge in [0.25, 0.3) is 5.91 Å². The van der Waals surface area contributed by atoms with Gasteiger partial charge in [-0.05, 0) is 42.2 Å². The third-order valence-corrected chi connectivity index (χ3v) is 5.49. The Morgan fingerprint density at radius 1 is 0.964 bits per heavy atom. The van der Waals surface area contributed by atoms with Crippen molar-refractivity contribution in [3.05, 3.63) is 65.7 Å². The van der Waals surface area contributed by atoms with Gasteiger partial charge in [0.15, 0.2) is 9.84 Å². The Labute approximate surface area is 166 Å². The topological polar surface area (TPSA) is 92.3 Å². The Kier molecular flexibility index (Phi) is 7.75. The van der Waals surface area contributed by atoms with Crippen LogP contribution in [0, 0.1) is 5.92 Å². The van der Waals surface area contributed by atoms with Crippen LogP contribution >= 0.6 is 0 Å². The molecule has 0 unspecified atom stereocenters. The Hall–Kier alpha value is -2.67. The van der Waals surface area contributed by atoms with Gasteiger partial charge in [0.05, 0.1) is 5.75 Å². The first-order valence-electron chi connectivity index (χ1n) is 9.17. The largest absolute Gasteiger partial charge is 0.352 e. The van der Waals surface area contributed by atoms with Crippen molar-refractivity contribution >= 4 is 27.3 Å². The molecule has 7 heteroatoms. The number of rotatable bonds is 9. The van der Waals surface area contributed by atoms with Gasteiger partial charge in [0.2, 0.25) is 5.91 Å². The molecule has 0 aliphatic heterocycles. The number of sulfone groups is 1. The van der Waals surface area contributed by atoms with Crippen molar-refractivity contribution in [2.24, 2.45) is 5.92 Å². The zero-order valence-electron chi connectivity index (χ0n) is 16.1. The van der Waals surface area contributed by atoms with Gasteiger partial charge in [0, 0.05) is 17.8 Å². The van der Waals surface area contributed by atoms with Crippen LogP contribution in [0.25, 0.3) is 0 Å². The van der Waals surface area contributed by atoms with Crippen molar-refractivity contribution < 1.29 is 18.0 Å². The minimum Gasteiger partial charge on any atom is -0.352 e. The summed E-state index contributed by atoms with van der Waals surface area (Å²) >= 11 is 0. The average Bonchev–Trinajstić information content (AvgIpc) is 2.61. The Bertz CT molecular complexity index is 892. The molecule has 0 atom stereocenters. The second-order valence-electron chi connectivity index (χ2n) is 7.08. The van der Waals surface area contributed by atoms with Crippen molar-refractivity contribution in [1.82, 2.24) is 5.32 Å². The van der Waals surface area contributed by atoms with Crippen molar-refractivity contribution in [3.8, 4) is 0 Å². The lowest BCUT2D eigenvalue weighted by Gasteiger charge is -2.09. The first kappa shape index (κ1) is 21.6. The molecule has 150 valence electrons. The van der Waals surface area contributed by atoms with Gasteiger partial charge < -0.3 is 10.6 Å². The highest BCUT2D eigenvalue weighted by Gasteiger charge is 2.18. The van der Waals surface area contributed by atoms with Gasteiger partial charge in [-0.15, -0.1) is 0 Å². The number of hydrogen-bond donors (Lipinski definition) is 2. The number of benzene rings is 2. The van der Waals surface area contributed by atoms with E-state index in [0.717, 1.165) is 6.42 Å². The summed E-state index contributed by atoms with van der Waals surface area (Å²) in [5.41, 5.74) is 1.56. The third-order valence-electron chi connectivity index (χ3n) is 4.02. The predicted molar refractivity (Wildman–Crippen MR) is 111 cm³/mol. The molecule has 0 aromatic heterocycles. The van der Waals surface area contributed by atoms with Gasteiger partial charge in [-0.25, -0.2) is 8.42 Å². The summed E-state index contributed by atoms with van der Waals surface area (Å²) in [5, 5.41) is 5.40. The lowest BCUT2D eigenvalue weighted by atomic mass is 10.1. The Morgan fingerprint density at radius 3 is 2.21 bits per heavy atom. The van der Waals surface area contributed by atoms with Gasteiger partial charge in [-0.1, -0.05) is 44.2 Å². The van der Waals surface area contributed by atoms with Crippen molar-refractivity contribution in [2.75, 3.05) is 17.6 Å². The van der Waals surface area contributed by atoms with E-state index >= 15 is 0 Å². The van der Waals surface area contributed by atoms with Gasteiger partial charge >= 0.3 is 0 Å². The van der Waals surface area contributed by atoms with Crippen LogP contribution in [-0.4, -0.2) is 32.5 Å². The third kappa shape index (κ3) is 7.52. The van der Waals surface area contributed by atoms with Crippen LogP contribution in [-0.2, 0) is 20.4 Å². The maximum atomic E-state index is 12.3. The molecule has 0 bridgehead atoms. The summed E-state index contributed by atoms with van der Waals surface area (Å²) in [6.45, 7) is 4.77. The van der Waals surface area contributed by atoms with Crippen molar-refractivity contribution in [3.63, 3.8) is 0 Å². The molecule has 2 rings (SSSR count). The molecule has 2 aromatic carbocycles. The van der Waals surface area contributed by atoms with E-state index in [1.54, 1.807) is 54.6 Å². The monoisotopic (exact) mass is 402 g/mol. The van der Waals surface area contributed by atoms with Crippen LogP contribution in [0.4, 0.5) is 5.69 Å². The van der Waals surface area contributed by atoms with E-state index in [2.05, 4.69) is 24.5 Å². The van der Waals surface area contributed by atoms with Crippen molar-refractivity contribution in [1.29, 1.82) is 0 Å². The maximum absolute atomic E-state index is 12.3. The fourth-order valence-corrected chi connectivity index (χ4v) is 3.83. The van der Waals surface area contributed by atoms with E-state index in [4.69, 9.17) is 0 Å². The fourth-order valence-electron chi connectivity index (χ4n) is 2.55. The first-order chi connectivity index (χ1) is 13.2. The number of carbonyl (C=O) groups is 2. The normalized spacial score (nSPS) is 11.2. The van der Waals surface area contributed by atoms with Crippen LogP contribution < -0.4 is 10.6 Å². The van der Waals surface area contributed by atoms with Crippen LogP contribution in [0.1, 0.15) is 36.2 Å². The summed E-state index contributed by atoms with van der Waals surface area (Å²) in [5.74, 6) is -1.11. The second-order valence-corrected chi connectivity index (χ2v) is 9.15. The van der Waals surface area contributed by atoms with Crippen LogP contribution in [0.5, 0.6) is 0 Å². The Balaban J connectivity index is 1.89. The summed E-state index contributed by atoms with van der Waals surface area (Å²) < 4.78 is 24.6. The van der Waals surface area contributed by atoms with Crippen LogP contribution in [0.3, 0.4) is 0 Å². The molecule has 0 spiro atoms. The molecule has 28 heavy (non-hydrogen) atoms. The number of amides is 2. The zero-order valence-corrected chi connectivity index (χ0v) is 17.0. The highest BCUT2D eigenvalue weighted by atomic mass is 32.2. The van der Waals surface area contributed by atoms with E-state index in [0.29, 0.717) is 29.3 Å². The molecule has 2 amide bonds. The molecule has 0 fully saturated rings. The van der Waals surface area contributed by atoms with E-state index in [1.807, 2.05) is 0 Å². The summed E-state index contributed by atoms with van der Waals surface area (Å²) in [6.07, 6.45) is 0.896. The quantitative estimate of drug-likeness (QED) is 0.674. The van der Waals surface area contributed by atoms with Gasteiger partial charge in [-0.3, -0.25) is 9.59 Å². The lowest BCUT2D eigenvalue weighted by molar-refractivity contribution is -0.113. The molecule has 6 nitrogen and oxygen atoms in total. The number of hydrogen-bond acceptors (Lipinski definition) is 4. The van der Waals surface area contributed by atoms with E-state index in [1.165, 1.54) is 0 Å². The maximum Gasteiger partial charge on any atom is 0.251 e. The van der Waals surface area contributed by atoms with E-state index < -0.39 is 21.5 Å². The number of nitrogens with one attached hydrogen (secondary N) is 2. The molecular weight excluding hydrogens is 376 g/mol. The fraction of sp³-hybridized carbons (Fsp3) is 0.333. The lowest BCUT2D eigenvalue weighted by Crippen LogP contribution is -2.25. The van der Waals surface area contributed by atoms with Gasteiger partial charge in [-0.2, -0.15) is 0 Å². The summed E-state index contributed by atoms with van der Waals surface area (Å²) in [4.78, 5) is 24.0. The molecule has 0 radical (unpaired) electrons. The van der Waals surface area contributed by atoms with Crippen LogP contribution in [0.2, 0.25) is 0 Å². The predicted octanol–water partition coefficient (Wildman–Crippen LogP) is 3.02. The zero-order chi connectivity index (χ0) is 20.6. The molecule has 2 aromatic rings. The number of para-hydroxylation sites is 1. The minimum atomic E-state index is -3.62. The molecule has 0 saturated heterocycles. The smallest absolute Gasteiger partial charge is 0.251 e. The Morgan fingerprint density at radius 2 is 1.61 bits per heavy atom. The average molecular weight is 403 g/mol. The van der Waals surface area contributed by atoms with Gasteiger partial charge in [0.1, 0.15) is 5.75 Å². The standard InChI is InChI=1S/C21H26N2O4S/c1-16(2)12-13-22-21(25)18-10-8-17(9-11-18)14-28(26,27)15-20(24)23-19-6-4-3-5-7-19/h3-11,16H,12-15H2,1-2H3,(H,22,25)(H,23,24). The molecule has 0 heterocycles. The highest BCUT2D eigenvalue weighted by molar-refractivity contribution is 7.91. The highest BCUT2D eigenvalue weighted by Crippen LogP contribution is 2.11. The molecular formula is C21H26N2O4S. The number of anilines is 1. The molecule has 0 saturated carbocycles. The molecule has 0 aliphatic rings. The van der Waals surface area contributed by atoms with E-state index in [9.17, 15) is 18.0 Å². The van der Waals surface area contributed by atoms with Crippen molar-refractivity contribution in [2.45, 2.75) is 26.0 Å². The van der Waals surface area contributed by atoms with E-state index in [-0.39, 0.29) is 11.7 Å². The SMILES string of the molecule is CC(C)CCNC(=O)c1ccc(CS(=O)(=O)CC(=O)Nc2ccccc2)cc1. The first-order valence-corrected chi connectivity index (χ1v) is 11.0. The summed E-state index contributed by atoms with van der Waals surface area (Å²) in [6, 6.07) is 15.1. The molecule has 2 N–H and O–H groups in total. The second kappa shape index (κ2) is 10.0. The summed E-state index contributed by atoms with van der Waals surface area (Å²) in [7, 11) is -3.62. The number of carbonyl (C=O) groups excluding carboxylic acids is 2. The minimum absolute atomic E-state index is 0.183. The van der Waals surface area contributed by atoms with Crippen LogP contribution in [0.15, 0.2) is 54.6 Å². The molecule has 0 aliphatic carbocycles.